The van der Waals surface area contributed by atoms with Gasteiger partial charge in [-0.3, -0.25) is 4.79 Å². The molecule has 0 radical (unpaired) electrons. The number of thiophene rings is 1. The molecule has 20 heavy (non-hydrogen) atoms. The van der Waals surface area contributed by atoms with E-state index in [1.54, 1.807) is 0 Å². The second-order valence-corrected chi connectivity index (χ2v) is 7.04. The van der Waals surface area contributed by atoms with E-state index in [1.807, 2.05) is 11.3 Å². The quantitative estimate of drug-likeness (QED) is 0.758. The van der Waals surface area contributed by atoms with E-state index in [1.165, 1.54) is 30.6 Å². The van der Waals surface area contributed by atoms with Crippen LogP contribution in [0, 0.1) is 11.8 Å². The first-order chi connectivity index (χ1) is 9.84. The maximum Gasteiger partial charge on any atom is 0.223 e. The average molecular weight is 292 g/mol. The van der Waals surface area contributed by atoms with Crippen molar-refractivity contribution in [3.8, 4) is 0 Å². The molecule has 1 atom stereocenters. The molecule has 4 heteroatoms. The van der Waals surface area contributed by atoms with Gasteiger partial charge in [0, 0.05) is 29.9 Å². The normalized spacial score (nSPS) is 21.0. The van der Waals surface area contributed by atoms with Gasteiger partial charge in [-0.05, 0) is 43.0 Å². The summed E-state index contributed by atoms with van der Waals surface area (Å²) in [6.45, 7) is 1.63. The van der Waals surface area contributed by atoms with Crippen molar-refractivity contribution in [2.75, 3.05) is 13.1 Å². The zero-order valence-electron chi connectivity index (χ0n) is 11.9. The average Bonchev–Trinajstić information content (AvgIpc) is 2.94. The van der Waals surface area contributed by atoms with Gasteiger partial charge in [0.05, 0.1) is 0 Å². The lowest BCUT2D eigenvalue weighted by molar-refractivity contribution is -0.122. The van der Waals surface area contributed by atoms with Crippen LogP contribution in [0.1, 0.15) is 49.4 Å². The Balaban J connectivity index is 1.47. The second-order valence-electron chi connectivity index (χ2n) is 6.06. The summed E-state index contributed by atoms with van der Waals surface area (Å²) in [5.74, 6) is 1.34. The smallest absolute Gasteiger partial charge is 0.223 e. The molecule has 110 valence electrons. The Labute approximate surface area is 125 Å². The molecule has 0 aromatic carbocycles. The molecule has 3 rings (SSSR count). The summed E-state index contributed by atoms with van der Waals surface area (Å²) in [4.78, 5) is 13.0. The first-order valence-corrected chi connectivity index (χ1v) is 8.77. The van der Waals surface area contributed by atoms with Crippen LogP contribution >= 0.6 is 11.3 Å². The molecule has 0 bridgehead atoms. The van der Waals surface area contributed by atoms with Crippen molar-refractivity contribution in [3.05, 3.63) is 22.4 Å². The summed E-state index contributed by atoms with van der Waals surface area (Å²) in [6, 6.07) is 4.86. The zero-order valence-corrected chi connectivity index (χ0v) is 12.8. The highest BCUT2D eigenvalue weighted by molar-refractivity contribution is 7.10. The predicted octanol–water partition coefficient (Wildman–Crippen LogP) is 3.10. The van der Waals surface area contributed by atoms with Crippen LogP contribution in [0.15, 0.2) is 17.5 Å². The Morgan fingerprint density at radius 3 is 2.70 bits per heavy atom. The Bertz CT molecular complexity index is 422. The number of carbonyl (C=O) groups excluding carboxylic acids is 1. The molecule has 3 nitrogen and oxygen atoms in total. The van der Waals surface area contributed by atoms with Crippen molar-refractivity contribution >= 4 is 17.2 Å². The Morgan fingerprint density at radius 2 is 2.05 bits per heavy atom. The van der Waals surface area contributed by atoms with Crippen molar-refractivity contribution in [2.45, 2.75) is 44.6 Å². The van der Waals surface area contributed by atoms with Crippen molar-refractivity contribution in [3.63, 3.8) is 0 Å². The number of hydrogen-bond donors (Lipinski definition) is 2. The van der Waals surface area contributed by atoms with Gasteiger partial charge in [0.1, 0.15) is 0 Å². The van der Waals surface area contributed by atoms with Gasteiger partial charge in [-0.1, -0.05) is 18.9 Å². The zero-order chi connectivity index (χ0) is 13.8. The molecule has 0 aliphatic heterocycles. The van der Waals surface area contributed by atoms with Crippen LogP contribution in [-0.2, 0) is 4.79 Å². The van der Waals surface area contributed by atoms with Gasteiger partial charge in [0.15, 0.2) is 0 Å². The first kappa shape index (κ1) is 14.1. The Hall–Kier alpha value is -0.870. The number of rotatable bonds is 7. The van der Waals surface area contributed by atoms with E-state index in [0.717, 1.165) is 31.8 Å². The topological polar surface area (TPSA) is 41.1 Å². The summed E-state index contributed by atoms with van der Waals surface area (Å²) < 4.78 is 0. The minimum atomic E-state index is 0.250. The molecule has 0 spiro atoms. The third-order valence-electron chi connectivity index (χ3n) is 4.46. The van der Waals surface area contributed by atoms with Crippen molar-refractivity contribution in [1.29, 1.82) is 0 Å². The third-order valence-corrected chi connectivity index (χ3v) is 5.41. The molecule has 2 fully saturated rings. The van der Waals surface area contributed by atoms with Crippen LogP contribution in [0.3, 0.4) is 0 Å². The molecule has 2 aliphatic carbocycles. The monoisotopic (exact) mass is 292 g/mol. The van der Waals surface area contributed by atoms with E-state index >= 15 is 0 Å². The maximum absolute atomic E-state index is 11.6. The molecule has 1 amide bonds. The van der Waals surface area contributed by atoms with Crippen molar-refractivity contribution in [1.82, 2.24) is 10.6 Å². The lowest BCUT2D eigenvalue weighted by atomic mass is 9.97. The summed E-state index contributed by atoms with van der Waals surface area (Å²) in [7, 11) is 0. The Morgan fingerprint density at radius 1 is 1.25 bits per heavy atom. The fourth-order valence-electron chi connectivity index (χ4n) is 3.16. The van der Waals surface area contributed by atoms with Crippen LogP contribution in [0.5, 0.6) is 0 Å². The van der Waals surface area contributed by atoms with E-state index in [0.29, 0.717) is 12.0 Å². The fourth-order valence-corrected chi connectivity index (χ4v) is 4.06. The standard InChI is InChI=1S/C16H24N2OS/c19-16(13-7-8-13)18-10-9-17-15(12-4-1-2-5-12)14-6-3-11-20-14/h3,6,11-13,15,17H,1-2,4-5,7-10H2,(H,18,19). The van der Waals surface area contributed by atoms with Gasteiger partial charge in [0.25, 0.3) is 0 Å². The summed E-state index contributed by atoms with van der Waals surface area (Å²) in [5.41, 5.74) is 0. The van der Waals surface area contributed by atoms with E-state index in [2.05, 4.69) is 28.1 Å². The molecule has 1 heterocycles. The SMILES string of the molecule is O=C(NCCNC(c1cccs1)C1CCCC1)C1CC1. The molecular formula is C16H24N2OS. The lowest BCUT2D eigenvalue weighted by Gasteiger charge is -2.24. The molecule has 2 N–H and O–H groups in total. The molecule has 2 aliphatic rings. The van der Waals surface area contributed by atoms with Crippen LogP contribution < -0.4 is 10.6 Å². The van der Waals surface area contributed by atoms with Crippen LogP contribution in [0.25, 0.3) is 0 Å². The second kappa shape index (κ2) is 6.72. The molecule has 1 unspecified atom stereocenters. The number of amides is 1. The van der Waals surface area contributed by atoms with Crippen LogP contribution in [0.4, 0.5) is 0 Å². The number of nitrogens with one attached hydrogen (secondary N) is 2. The van der Waals surface area contributed by atoms with Crippen LogP contribution in [-0.4, -0.2) is 19.0 Å². The molecule has 2 saturated carbocycles. The first-order valence-electron chi connectivity index (χ1n) is 7.89. The predicted molar refractivity (Wildman–Crippen MR) is 82.8 cm³/mol. The van der Waals surface area contributed by atoms with Gasteiger partial charge >= 0.3 is 0 Å². The molecule has 0 saturated heterocycles. The third kappa shape index (κ3) is 3.61. The van der Waals surface area contributed by atoms with Crippen molar-refractivity contribution < 1.29 is 4.79 Å². The van der Waals surface area contributed by atoms with E-state index < -0.39 is 0 Å². The highest BCUT2D eigenvalue weighted by Gasteiger charge is 2.29. The largest absolute Gasteiger partial charge is 0.355 e. The molecular weight excluding hydrogens is 268 g/mol. The number of hydrogen-bond acceptors (Lipinski definition) is 3. The highest BCUT2D eigenvalue weighted by Crippen LogP contribution is 2.37. The minimum Gasteiger partial charge on any atom is -0.355 e. The van der Waals surface area contributed by atoms with Crippen molar-refractivity contribution in [2.24, 2.45) is 11.8 Å². The summed E-state index contributed by atoms with van der Waals surface area (Å²) in [5, 5.41) is 8.87. The number of carbonyl (C=O) groups is 1. The van der Waals surface area contributed by atoms with Gasteiger partial charge in [0.2, 0.25) is 5.91 Å². The summed E-state index contributed by atoms with van der Waals surface area (Å²) in [6.07, 6.45) is 7.57. The maximum atomic E-state index is 11.6. The van der Waals surface area contributed by atoms with Gasteiger partial charge in [-0.15, -0.1) is 11.3 Å². The fraction of sp³-hybridized carbons (Fsp3) is 0.688. The van der Waals surface area contributed by atoms with E-state index in [4.69, 9.17) is 0 Å². The highest BCUT2D eigenvalue weighted by atomic mass is 32.1. The molecule has 1 aromatic rings. The van der Waals surface area contributed by atoms with Crippen LogP contribution in [0.2, 0.25) is 0 Å². The van der Waals surface area contributed by atoms with E-state index in [-0.39, 0.29) is 5.91 Å². The van der Waals surface area contributed by atoms with E-state index in [9.17, 15) is 4.79 Å². The van der Waals surface area contributed by atoms with Gasteiger partial charge < -0.3 is 10.6 Å². The van der Waals surface area contributed by atoms with Gasteiger partial charge in [-0.25, -0.2) is 0 Å². The minimum absolute atomic E-state index is 0.250. The summed E-state index contributed by atoms with van der Waals surface area (Å²) >= 11 is 1.85. The van der Waals surface area contributed by atoms with Gasteiger partial charge in [-0.2, -0.15) is 0 Å². The lowest BCUT2D eigenvalue weighted by Crippen LogP contribution is -2.35. The molecule has 1 aromatic heterocycles. The Kier molecular flexibility index (Phi) is 4.73.